The van der Waals surface area contributed by atoms with E-state index in [1.54, 1.807) is 4.31 Å². The zero-order valence-electron chi connectivity index (χ0n) is 17.4. The van der Waals surface area contributed by atoms with Crippen LogP contribution in [0.15, 0.2) is 24.3 Å². The lowest BCUT2D eigenvalue weighted by molar-refractivity contribution is -0.139. The highest BCUT2D eigenvalue weighted by Crippen LogP contribution is 2.38. The Bertz CT molecular complexity index is 834. The molecule has 7 heteroatoms. The van der Waals surface area contributed by atoms with E-state index in [1.165, 1.54) is 11.8 Å². The lowest BCUT2D eigenvalue weighted by Crippen LogP contribution is -2.50. The highest BCUT2D eigenvalue weighted by Gasteiger charge is 2.44. The molecule has 29 heavy (non-hydrogen) atoms. The molecule has 0 N–H and O–H groups in total. The Balaban J connectivity index is 1.31. The summed E-state index contributed by atoms with van der Waals surface area (Å²) >= 11 is 0. The maximum atomic E-state index is 13.0. The second kappa shape index (κ2) is 8.36. The summed E-state index contributed by atoms with van der Waals surface area (Å²) in [6.07, 6.45) is 7.53. The number of nitrogens with zero attached hydrogens (tertiary/aromatic N) is 2. The number of ether oxygens (including phenoxy) is 1. The minimum Gasteiger partial charge on any atom is -0.375 e. The van der Waals surface area contributed by atoms with Crippen LogP contribution in [0, 0.1) is 6.92 Å². The first-order valence-corrected chi connectivity index (χ1v) is 12.6. The van der Waals surface area contributed by atoms with Crippen LogP contribution < -0.4 is 0 Å². The third kappa shape index (κ3) is 4.67. The Morgan fingerprint density at radius 1 is 1.03 bits per heavy atom. The summed E-state index contributed by atoms with van der Waals surface area (Å²) in [5.41, 5.74) is 2.29. The van der Waals surface area contributed by atoms with E-state index in [1.807, 2.05) is 18.2 Å². The number of sulfonamides is 1. The second-order valence-corrected chi connectivity index (χ2v) is 10.9. The maximum Gasteiger partial charge on any atom is 0.227 e. The lowest BCUT2D eigenvalue weighted by Gasteiger charge is -2.41. The van der Waals surface area contributed by atoms with Gasteiger partial charge in [-0.1, -0.05) is 24.3 Å². The van der Waals surface area contributed by atoms with Gasteiger partial charge in [-0.3, -0.25) is 4.79 Å². The molecule has 0 saturated carbocycles. The van der Waals surface area contributed by atoms with Crippen LogP contribution in [0.5, 0.6) is 0 Å². The van der Waals surface area contributed by atoms with Crippen molar-refractivity contribution in [1.29, 1.82) is 0 Å². The zero-order chi connectivity index (χ0) is 20.6. The first-order chi connectivity index (χ1) is 13.8. The number of piperidine rings is 2. The van der Waals surface area contributed by atoms with Crippen LogP contribution in [-0.4, -0.2) is 67.2 Å². The van der Waals surface area contributed by atoms with E-state index in [0.29, 0.717) is 19.5 Å². The van der Waals surface area contributed by atoms with E-state index in [4.69, 9.17) is 4.74 Å². The van der Waals surface area contributed by atoms with E-state index in [9.17, 15) is 13.2 Å². The van der Waals surface area contributed by atoms with Crippen molar-refractivity contribution in [3.05, 3.63) is 35.4 Å². The van der Waals surface area contributed by atoms with Crippen LogP contribution in [-0.2, 0) is 26.0 Å². The number of carbonyl (C=O) groups excluding carboxylic acids is 1. The molecule has 2 bridgehead atoms. The highest BCUT2D eigenvalue weighted by molar-refractivity contribution is 7.88. The van der Waals surface area contributed by atoms with Crippen LogP contribution in [0.3, 0.4) is 0 Å². The predicted molar refractivity (Wildman–Crippen MR) is 112 cm³/mol. The molecule has 1 unspecified atom stereocenters. The molecule has 3 aliphatic rings. The summed E-state index contributed by atoms with van der Waals surface area (Å²) in [7, 11) is -3.10. The Morgan fingerprint density at radius 2 is 1.66 bits per heavy atom. The summed E-state index contributed by atoms with van der Waals surface area (Å²) in [5, 5.41) is 0. The average molecular weight is 421 g/mol. The molecule has 0 aromatic heterocycles. The van der Waals surface area contributed by atoms with Gasteiger partial charge in [-0.2, -0.15) is 0 Å². The number of hydrogen-bond donors (Lipinski definition) is 0. The molecule has 0 aliphatic carbocycles. The first kappa shape index (κ1) is 20.8. The fraction of sp³-hybridized carbons (Fsp3) is 0.682. The molecule has 0 spiro atoms. The zero-order valence-corrected chi connectivity index (χ0v) is 18.2. The number of aryl methyl sites for hydroxylation is 1. The molecule has 3 aliphatic heterocycles. The SMILES string of the molecule is Cc1ccccc1CC(=O)N1[C@@H]2CC[C@H]1CC(OC1CCN(S(C)(=O)=O)CC1)C2. The second-order valence-electron chi connectivity index (χ2n) is 8.88. The molecule has 1 aromatic rings. The molecule has 6 nitrogen and oxygen atoms in total. The molecule has 3 heterocycles. The van der Waals surface area contributed by atoms with Crippen molar-refractivity contribution in [2.24, 2.45) is 0 Å². The summed E-state index contributed by atoms with van der Waals surface area (Å²) in [4.78, 5) is 15.2. The van der Waals surface area contributed by atoms with Crippen molar-refractivity contribution in [3.63, 3.8) is 0 Å². The van der Waals surface area contributed by atoms with Gasteiger partial charge in [0.25, 0.3) is 0 Å². The van der Waals surface area contributed by atoms with Crippen LogP contribution in [0.2, 0.25) is 0 Å². The van der Waals surface area contributed by atoms with E-state index in [0.717, 1.165) is 44.1 Å². The fourth-order valence-corrected chi connectivity index (χ4v) is 6.15. The Hall–Kier alpha value is -1.44. The summed E-state index contributed by atoms with van der Waals surface area (Å²) in [5.74, 6) is 0.242. The monoisotopic (exact) mass is 420 g/mol. The van der Waals surface area contributed by atoms with Gasteiger partial charge >= 0.3 is 0 Å². The molecule has 1 aromatic carbocycles. The number of rotatable bonds is 5. The molecule has 3 saturated heterocycles. The fourth-order valence-electron chi connectivity index (χ4n) is 5.28. The van der Waals surface area contributed by atoms with Crippen molar-refractivity contribution >= 4 is 15.9 Å². The van der Waals surface area contributed by atoms with Gasteiger partial charge in [0.15, 0.2) is 0 Å². The van der Waals surface area contributed by atoms with Crippen LogP contribution in [0.1, 0.15) is 49.7 Å². The highest BCUT2D eigenvalue weighted by atomic mass is 32.2. The van der Waals surface area contributed by atoms with E-state index in [-0.39, 0.29) is 30.2 Å². The predicted octanol–water partition coefficient (Wildman–Crippen LogP) is 2.50. The average Bonchev–Trinajstić information content (AvgIpc) is 2.94. The van der Waals surface area contributed by atoms with E-state index in [2.05, 4.69) is 17.9 Å². The van der Waals surface area contributed by atoms with Gasteiger partial charge in [-0.25, -0.2) is 12.7 Å². The van der Waals surface area contributed by atoms with Crippen LogP contribution >= 0.6 is 0 Å². The number of fused-ring (bicyclic) bond motifs is 2. The van der Waals surface area contributed by atoms with Crippen LogP contribution in [0.4, 0.5) is 0 Å². The van der Waals surface area contributed by atoms with Crippen molar-refractivity contribution in [2.45, 2.75) is 76.2 Å². The smallest absolute Gasteiger partial charge is 0.227 e. The number of carbonyl (C=O) groups is 1. The molecule has 0 radical (unpaired) electrons. The molecule has 3 fully saturated rings. The van der Waals surface area contributed by atoms with E-state index >= 15 is 0 Å². The Labute approximate surface area is 174 Å². The van der Waals surface area contributed by atoms with E-state index < -0.39 is 10.0 Å². The molecule has 4 rings (SSSR count). The number of benzene rings is 1. The van der Waals surface area contributed by atoms with Crippen molar-refractivity contribution in [3.8, 4) is 0 Å². The summed E-state index contributed by atoms with van der Waals surface area (Å²) in [6, 6.07) is 8.69. The van der Waals surface area contributed by atoms with Gasteiger partial charge in [-0.05, 0) is 56.6 Å². The van der Waals surface area contributed by atoms with Crippen molar-refractivity contribution in [2.75, 3.05) is 19.3 Å². The van der Waals surface area contributed by atoms with Gasteiger partial charge in [0.05, 0.1) is 24.9 Å². The molecular weight excluding hydrogens is 388 g/mol. The largest absolute Gasteiger partial charge is 0.375 e. The van der Waals surface area contributed by atoms with Gasteiger partial charge in [0.2, 0.25) is 15.9 Å². The third-order valence-electron chi connectivity index (χ3n) is 6.84. The Morgan fingerprint density at radius 3 is 2.24 bits per heavy atom. The minimum absolute atomic E-state index is 0.131. The minimum atomic E-state index is -3.10. The first-order valence-electron chi connectivity index (χ1n) is 10.8. The number of hydrogen-bond acceptors (Lipinski definition) is 4. The quantitative estimate of drug-likeness (QED) is 0.734. The maximum absolute atomic E-state index is 13.0. The number of amides is 1. The van der Waals surface area contributed by atoms with Gasteiger partial charge < -0.3 is 9.64 Å². The molecule has 160 valence electrons. The van der Waals surface area contributed by atoms with Crippen molar-refractivity contribution < 1.29 is 17.9 Å². The van der Waals surface area contributed by atoms with Gasteiger partial charge in [-0.15, -0.1) is 0 Å². The van der Waals surface area contributed by atoms with Gasteiger partial charge in [0, 0.05) is 25.2 Å². The standard InChI is InChI=1S/C22H32N2O4S/c1-16-5-3-4-6-17(16)13-22(25)24-18-7-8-19(24)15-21(14-18)28-20-9-11-23(12-10-20)29(2,26)27/h3-6,18-21H,7-15H2,1-2H3/t18-,19+,21?. The topological polar surface area (TPSA) is 66.9 Å². The van der Waals surface area contributed by atoms with Crippen molar-refractivity contribution in [1.82, 2.24) is 9.21 Å². The summed E-state index contributed by atoms with van der Waals surface area (Å²) < 4.78 is 31.3. The Kier molecular flexibility index (Phi) is 6.00. The normalized spacial score (nSPS) is 28.6. The molecule has 1 amide bonds. The molecular formula is C22H32N2O4S. The summed E-state index contributed by atoms with van der Waals surface area (Å²) in [6.45, 7) is 3.15. The third-order valence-corrected chi connectivity index (χ3v) is 8.14. The molecule has 3 atom stereocenters. The van der Waals surface area contributed by atoms with Crippen LogP contribution in [0.25, 0.3) is 0 Å². The lowest BCUT2D eigenvalue weighted by atomic mass is 9.97. The van der Waals surface area contributed by atoms with Gasteiger partial charge in [0.1, 0.15) is 0 Å².